The lowest BCUT2D eigenvalue weighted by Gasteiger charge is -2.18. The Morgan fingerprint density at radius 1 is 1.44 bits per heavy atom. The van der Waals surface area contributed by atoms with E-state index in [9.17, 15) is 14.0 Å². The highest BCUT2D eigenvalue weighted by molar-refractivity contribution is 7.55. The largest absolute Gasteiger partial charge is 0.377 e. The first kappa shape index (κ1) is 16.1. The van der Waals surface area contributed by atoms with Crippen LogP contribution in [0.1, 0.15) is 13.3 Å². The van der Waals surface area contributed by atoms with Crippen molar-refractivity contribution >= 4 is 23.0 Å². The van der Waals surface area contributed by atoms with Gasteiger partial charge < -0.3 is 23.9 Å². The van der Waals surface area contributed by atoms with Crippen molar-refractivity contribution in [1.29, 1.82) is 0 Å². The van der Waals surface area contributed by atoms with E-state index >= 15 is 0 Å². The Bertz CT molecular complexity index is 406. The van der Waals surface area contributed by atoms with Crippen LogP contribution >= 0.6 is 15.2 Å². The third-order valence-corrected chi connectivity index (χ3v) is 4.53. The lowest BCUT2D eigenvalue weighted by atomic mass is 9.94. The van der Waals surface area contributed by atoms with Gasteiger partial charge in [-0.05, 0) is 6.08 Å². The molecular formula is C8H17BO7P2. The lowest BCUT2D eigenvalue weighted by molar-refractivity contribution is 0.0816. The normalized spacial score (nSPS) is 32.8. The van der Waals surface area contributed by atoms with Crippen molar-refractivity contribution in [3.8, 4) is 0 Å². The monoisotopic (exact) mass is 298 g/mol. The Morgan fingerprint density at radius 2 is 2.06 bits per heavy atom. The summed E-state index contributed by atoms with van der Waals surface area (Å²) in [6, 6.07) is -0.400. The van der Waals surface area contributed by atoms with E-state index in [4.69, 9.17) is 19.0 Å². The molecule has 0 amide bonds. The highest BCUT2D eigenvalue weighted by Gasteiger charge is 2.36. The Hall–Kier alpha value is 0.0649. The zero-order valence-electron chi connectivity index (χ0n) is 10.2. The van der Waals surface area contributed by atoms with E-state index in [2.05, 4.69) is 0 Å². The molecule has 0 spiro atoms. The summed E-state index contributed by atoms with van der Waals surface area (Å²) < 4.78 is 32.6. The maximum Gasteiger partial charge on any atom is 0.348 e. The van der Waals surface area contributed by atoms with Crippen LogP contribution in [0.4, 0.5) is 0 Å². The van der Waals surface area contributed by atoms with Crippen molar-refractivity contribution in [2.24, 2.45) is 0 Å². The number of hydrogen-bond donors (Lipinski definition) is 3. The third-order valence-electron chi connectivity index (χ3n) is 2.57. The molecule has 1 rings (SSSR count). The van der Waals surface area contributed by atoms with Crippen LogP contribution in [-0.4, -0.2) is 46.9 Å². The van der Waals surface area contributed by atoms with Crippen LogP contribution < -0.4 is 0 Å². The smallest absolute Gasteiger partial charge is 0.348 e. The summed E-state index contributed by atoms with van der Waals surface area (Å²) in [5.41, 5.74) is 0. The third kappa shape index (κ3) is 5.37. The summed E-state index contributed by atoms with van der Waals surface area (Å²) in [4.78, 5) is 26.8. The molecule has 10 heteroatoms. The van der Waals surface area contributed by atoms with Gasteiger partial charge in [0.15, 0.2) is 0 Å². The standard InChI is InChI=1S/C8H17BO7P2/c1-2-18(13,14)16-7-5-6(15-8(7)9)3-4-17(10,11)12/h3-4,6-8H,2,5,9H2,1H3,(H,13,14)(H2,10,11,12)/b4-3+/t6-,7-,8-/m1/s1. The average molecular weight is 298 g/mol. The van der Waals surface area contributed by atoms with Gasteiger partial charge in [0.2, 0.25) is 0 Å². The van der Waals surface area contributed by atoms with Gasteiger partial charge in [0.25, 0.3) is 0 Å². The molecule has 0 aromatic carbocycles. The molecule has 0 radical (unpaired) electrons. The van der Waals surface area contributed by atoms with E-state index in [1.807, 2.05) is 0 Å². The van der Waals surface area contributed by atoms with Gasteiger partial charge in [0, 0.05) is 18.4 Å². The summed E-state index contributed by atoms with van der Waals surface area (Å²) in [5.74, 6) is 0.769. The molecule has 4 atom stereocenters. The minimum Gasteiger partial charge on any atom is -0.377 e. The van der Waals surface area contributed by atoms with Crippen molar-refractivity contribution in [1.82, 2.24) is 0 Å². The summed E-state index contributed by atoms with van der Waals surface area (Å²) in [7, 11) is -6.12. The SMILES string of the molecule is B[C@@H]1O[C@H](/C=C/P(=O)(O)O)C[C@H]1OP(=O)(O)CC. The molecule has 0 aromatic heterocycles. The van der Waals surface area contributed by atoms with Gasteiger partial charge in [0.1, 0.15) is 7.85 Å². The molecule has 3 N–H and O–H groups in total. The van der Waals surface area contributed by atoms with Crippen LogP contribution in [0.15, 0.2) is 11.9 Å². The van der Waals surface area contributed by atoms with Crippen molar-refractivity contribution < 1.29 is 33.1 Å². The molecule has 18 heavy (non-hydrogen) atoms. The zero-order valence-corrected chi connectivity index (χ0v) is 12.0. The van der Waals surface area contributed by atoms with Gasteiger partial charge in [0.05, 0.1) is 18.2 Å². The molecule has 0 saturated carbocycles. The number of hydrogen-bond acceptors (Lipinski definition) is 4. The molecule has 1 saturated heterocycles. The van der Waals surface area contributed by atoms with Gasteiger partial charge in [-0.1, -0.05) is 6.92 Å². The number of rotatable bonds is 5. The average Bonchev–Trinajstić information content (AvgIpc) is 2.55. The van der Waals surface area contributed by atoms with Gasteiger partial charge in [-0.25, -0.2) is 0 Å². The second-order valence-electron chi connectivity index (χ2n) is 4.14. The summed E-state index contributed by atoms with van der Waals surface area (Å²) in [6.45, 7) is 1.55. The Labute approximate surface area is 106 Å². The predicted octanol–water partition coefficient (Wildman–Crippen LogP) is 0.0164. The highest BCUT2D eigenvalue weighted by atomic mass is 31.2. The Kier molecular flexibility index (Phi) is 5.38. The van der Waals surface area contributed by atoms with Crippen molar-refractivity contribution in [2.45, 2.75) is 31.6 Å². The maximum absolute atomic E-state index is 11.4. The lowest BCUT2D eigenvalue weighted by Crippen LogP contribution is -2.23. The van der Waals surface area contributed by atoms with E-state index in [0.717, 1.165) is 5.82 Å². The molecular weight excluding hydrogens is 281 g/mol. The Balaban J connectivity index is 2.60. The molecule has 104 valence electrons. The topological polar surface area (TPSA) is 113 Å². The van der Waals surface area contributed by atoms with Crippen LogP contribution in [-0.2, 0) is 18.4 Å². The van der Waals surface area contributed by atoms with Crippen molar-refractivity contribution in [2.75, 3.05) is 6.16 Å². The minimum atomic E-state index is -4.21. The maximum atomic E-state index is 11.4. The molecule has 0 aliphatic carbocycles. The van der Waals surface area contributed by atoms with Gasteiger partial charge in [-0.15, -0.1) is 0 Å². The molecule has 1 unspecified atom stereocenters. The molecule has 1 aliphatic heterocycles. The second-order valence-corrected chi connectivity index (χ2v) is 7.74. The van der Waals surface area contributed by atoms with Crippen LogP contribution in [0.3, 0.4) is 0 Å². The highest BCUT2D eigenvalue weighted by Crippen LogP contribution is 2.45. The molecule has 1 aliphatic rings. The fraction of sp³-hybridized carbons (Fsp3) is 0.750. The van der Waals surface area contributed by atoms with E-state index in [-0.39, 0.29) is 6.16 Å². The van der Waals surface area contributed by atoms with Gasteiger partial charge in [-0.3, -0.25) is 9.13 Å². The molecule has 0 aromatic rings. The first-order valence-corrected chi connectivity index (χ1v) is 8.97. The van der Waals surface area contributed by atoms with Crippen LogP contribution in [0.2, 0.25) is 0 Å². The van der Waals surface area contributed by atoms with Crippen LogP contribution in [0, 0.1) is 0 Å². The van der Waals surface area contributed by atoms with Crippen LogP contribution in [0.5, 0.6) is 0 Å². The molecule has 1 fully saturated rings. The predicted molar refractivity (Wildman–Crippen MR) is 68.2 cm³/mol. The fourth-order valence-electron chi connectivity index (χ4n) is 1.59. The quantitative estimate of drug-likeness (QED) is 0.484. The molecule has 7 nitrogen and oxygen atoms in total. The van der Waals surface area contributed by atoms with Crippen molar-refractivity contribution in [3.63, 3.8) is 0 Å². The fourth-order valence-corrected chi connectivity index (χ4v) is 2.83. The van der Waals surface area contributed by atoms with E-state index in [1.165, 1.54) is 6.08 Å². The van der Waals surface area contributed by atoms with Crippen LogP contribution in [0.25, 0.3) is 0 Å². The summed E-state index contributed by atoms with van der Waals surface area (Å²) in [5, 5.41) is 0. The van der Waals surface area contributed by atoms with Gasteiger partial charge in [-0.2, -0.15) is 0 Å². The summed E-state index contributed by atoms with van der Waals surface area (Å²) >= 11 is 0. The van der Waals surface area contributed by atoms with Crippen molar-refractivity contribution in [3.05, 3.63) is 11.9 Å². The Morgan fingerprint density at radius 3 is 2.56 bits per heavy atom. The first-order chi connectivity index (χ1) is 8.13. The number of ether oxygens (including phenoxy) is 1. The van der Waals surface area contributed by atoms with E-state index in [0.29, 0.717) is 6.42 Å². The molecule has 1 heterocycles. The molecule has 0 bridgehead atoms. The zero-order chi connectivity index (χ0) is 14.0. The second kappa shape index (κ2) is 6.01. The summed E-state index contributed by atoms with van der Waals surface area (Å²) in [6.07, 6.45) is 0.498. The van der Waals surface area contributed by atoms with E-state index in [1.54, 1.807) is 14.8 Å². The first-order valence-electron chi connectivity index (χ1n) is 5.53. The van der Waals surface area contributed by atoms with E-state index < -0.39 is 33.4 Å². The van der Waals surface area contributed by atoms with Gasteiger partial charge >= 0.3 is 15.2 Å². The minimum absolute atomic E-state index is 0.0131.